The Labute approximate surface area is 108 Å². The number of aromatic nitrogens is 3. The maximum Gasteiger partial charge on any atom is 0.322 e. The third-order valence-electron chi connectivity index (χ3n) is 1.86. The van der Waals surface area contributed by atoms with Crippen LogP contribution < -0.4 is 5.32 Å². The van der Waals surface area contributed by atoms with Gasteiger partial charge in [-0.3, -0.25) is 4.98 Å². The molecule has 1 N–H and O–H groups in total. The van der Waals surface area contributed by atoms with Crippen LogP contribution in [0.4, 0.5) is 6.01 Å². The predicted octanol–water partition coefficient (Wildman–Crippen LogP) is 3.10. The summed E-state index contributed by atoms with van der Waals surface area (Å²) in [5.41, 5.74) is 0.565. The van der Waals surface area contributed by atoms with Crippen LogP contribution in [0, 0.1) is 0 Å². The molecule has 0 aliphatic heterocycles. The van der Waals surface area contributed by atoms with Gasteiger partial charge >= 0.3 is 6.01 Å². The van der Waals surface area contributed by atoms with E-state index in [9.17, 15) is 0 Å². The minimum atomic E-state index is -0.114. The van der Waals surface area contributed by atoms with Gasteiger partial charge in [0.1, 0.15) is 5.69 Å². The van der Waals surface area contributed by atoms with Crippen molar-refractivity contribution in [2.24, 2.45) is 0 Å². The summed E-state index contributed by atoms with van der Waals surface area (Å²) in [6.07, 6.45) is 1.70. The zero-order valence-corrected chi connectivity index (χ0v) is 11.4. The SMILES string of the molecule is CC(C)(C)Nc1nc(-c2ccc(Br)cn2)no1. The van der Waals surface area contributed by atoms with E-state index in [4.69, 9.17) is 4.52 Å². The molecule has 90 valence electrons. The molecule has 0 spiro atoms. The minimum absolute atomic E-state index is 0.114. The smallest absolute Gasteiger partial charge is 0.322 e. The lowest BCUT2D eigenvalue weighted by molar-refractivity contribution is 0.420. The number of anilines is 1. The first-order valence-electron chi connectivity index (χ1n) is 5.18. The molecule has 0 saturated heterocycles. The molecule has 2 aromatic heterocycles. The molecule has 17 heavy (non-hydrogen) atoms. The lowest BCUT2D eigenvalue weighted by atomic mass is 10.1. The van der Waals surface area contributed by atoms with Gasteiger partial charge in [0.2, 0.25) is 5.82 Å². The zero-order valence-electron chi connectivity index (χ0n) is 9.86. The van der Waals surface area contributed by atoms with E-state index < -0.39 is 0 Å². The van der Waals surface area contributed by atoms with E-state index in [1.54, 1.807) is 6.20 Å². The van der Waals surface area contributed by atoms with Gasteiger partial charge in [0.25, 0.3) is 0 Å². The number of pyridine rings is 1. The second-order valence-electron chi connectivity index (χ2n) is 4.66. The largest absolute Gasteiger partial charge is 0.333 e. The molecule has 0 aliphatic carbocycles. The number of hydrogen-bond donors (Lipinski definition) is 1. The summed E-state index contributed by atoms with van der Waals surface area (Å²) >= 11 is 3.32. The summed E-state index contributed by atoms with van der Waals surface area (Å²) < 4.78 is 6.02. The third kappa shape index (κ3) is 3.26. The van der Waals surface area contributed by atoms with Crippen LogP contribution in [0.5, 0.6) is 0 Å². The van der Waals surface area contributed by atoms with Crippen LogP contribution in [0.15, 0.2) is 27.3 Å². The van der Waals surface area contributed by atoms with Gasteiger partial charge in [-0.15, -0.1) is 0 Å². The van der Waals surface area contributed by atoms with Crippen molar-refractivity contribution in [2.75, 3.05) is 5.32 Å². The summed E-state index contributed by atoms with van der Waals surface area (Å²) in [5.74, 6) is 0.476. The van der Waals surface area contributed by atoms with Crippen LogP contribution in [0.1, 0.15) is 20.8 Å². The number of hydrogen-bond acceptors (Lipinski definition) is 5. The Hall–Kier alpha value is -1.43. The van der Waals surface area contributed by atoms with E-state index in [2.05, 4.69) is 36.4 Å². The highest BCUT2D eigenvalue weighted by atomic mass is 79.9. The third-order valence-corrected chi connectivity index (χ3v) is 2.33. The Bertz CT molecular complexity index is 501. The van der Waals surface area contributed by atoms with Crippen LogP contribution in [0.25, 0.3) is 11.5 Å². The standard InChI is InChI=1S/C11H13BrN4O/c1-11(2,3)15-10-14-9(16-17-10)8-5-4-7(12)6-13-8/h4-6H,1-3H3,(H,14,15,16). The molecule has 0 amide bonds. The Morgan fingerprint density at radius 2 is 2.06 bits per heavy atom. The number of halogens is 1. The van der Waals surface area contributed by atoms with E-state index in [1.165, 1.54) is 0 Å². The van der Waals surface area contributed by atoms with Gasteiger partial charge in [0, 0.05) is 16.2 Å². The second-order valence-corrected chi connectivity index (χ2v) is 5.58. The summed E-state index contributed by atoms with van der Waals surface area (Å²) in [6, 6.07) is 4.11. The van der Waals surface area contributed by atoms with E-state index >= 15 is 0 Å². The van der Waals surface area contributed by atoms with Crippen LogP contribution in [-0.4, -0.2) is 20.7 Å². The van der Waals surface area contributed by atoms with Crippen molar-refractivity contribution in [1.82, 2.24) is 15.1 Å². The molecule has 2 rings (SSSR count). The second kappa shape index (κ2) is 4.44. The summed E-state index contributed by atoms with van der Waals surface area (Å²) in [5, 5.41) is 6.98. The van der Waals surface area contributed by atoms with Crippen LogP contribution in [-0.2, 0) is 0 Å². The van der Waals surface area contributed by atoms with Gasteiger partial charge in [0.15, 0.2) is 0 Å². The first kappa shape index (κ1) is 12.0. The van der Waals surface area contributed by atoms with Gasteiger partial charge < -0.3 is 9.84 Å². The van der Waals surface area contributed by atoms with Crippen molar-refractivity contribution in [3.05, 3.63) is 22.8 Å². The van der Waals surface area contributed by atoms with Gasteiger partial charge in [-0.1, -0.05) is 5.16 Å². The Morgan fingerprint density at radius 1 is 1.29 bits per heavy atom. The lowest BCUT2D eigenvalue weighted by Gasteiger charge is -2.17. The summed E-state index contributed by atoms with van der Waals surface area (Å²) in [6.45, 7) is 6.07. The average Bonchev–Trinajstić information content (AvgIpc) is 2.64. The first-order valence-corrected chi connectivity index (χ1v) is 5.97. The molecule has 5 nitrogen and oxygen atoms in total. The van der Waals surface area contributed by atoms with Crippen molar-refractivity contribution in [3.63, 3.8) is 0 Å². The first-order chi connectivity index (χ1) is 7.94. The molecule has 0 saturated carbocycles. The fourth-order valence-electron chi connectivity index (χ4n) is 1.21. The molecular weight excluding hydrogens is 284 g/mol. The monoisotopic (exact) mass is 296 g/mol. The highest BCUT2D eigenvalue weighted by molar-refractivity contribution is 9.10. The fraction of sp³-hybridized carbons (Fsp3) is 0.364. The van der Waals surface area contributed by atoms with E-state index in [1.807, 2.05) is 32.9 Å². The minimum Gasteiger partial charge on any atom is -0.333 e. The van der Waals surface area contributed by atoms with Crippen molar-refractivity contribution in [3.8, 4) is 11.5 Å². The molecule has 2 heterocycles. The van der Waals surface area contributed by atoms with Crippen LogP contribution in [0.2, 0.25) is 0 Å². The van der Waals surface area contributed by atoms with Crippen LogP contribution in [0.3, 0.4) is 0 Å². The molecule has 0 aliphatic rings. The van der Waals surface area contributed by atoms with Crippen molar-refractivity contribution >= 4 is 21.9 Å². The number of rotatable bonds is 2. The van der Waals surface area contributed by atoms with Crippen molar-refractivity contribution in [2.45, 2.75) is 26.3 Å². The molecule has 0 aromatic carbocycles. The lowest BCUT2D eigenvalue weighted by Crippen LogP contribution is -2.26. The predicted molar refractivity (Wildman–Crippen MR) is 68.6 cm³/mol. The van der Waals surface area contributed by atoms with Crippen LogP contribution >= 0.6 is 15.9 Å². The molecule has 6 heteroatoms. The molecule has 2 aromatic rings. The highest BCUT2D eigenvalue weighted by Crippen LogP contribution is 2.19. The molecule has 0 fully saturated rings. The number of nitrogens with zero attached hydrogens (tertiary/aromatic N) is 3. The van der Waals surface area contributed by atoms with Crippen molar-refractivity contribution < 1.29 is 4.52 Å². The average molecular weight is 297 g/mol. The zero-order chi connectivity index (χ0) is 12.5. The quantitative estimate of drug-likeness (QED) is 0.922. The van der Waals surface area contributed by atoms with Gasteiger partial charge in [-0.25, -0.2) is 0 Å². The molecule has 0 atom stereocenters. The Morgan fingerprint density at radius 3 is 2.65 bits per heavy atom. The van der Waals surface area contributed by atoms with E-state index in [0.29, 0.717) is 17.5 Å². The van der Waals surface area contributed by atoms with Gasteiger partial charge in [-0.2, -0.15) is 4.98 Å². The normalized spacial score (nSPS) is 11.5. The Kier molecular flexibility index (Phi) is 3.15. The van der Waals surface area contributed by atoms with Crippen molar-refractivity contribution in [1.29, 1.82) is 0 Å². The highest BCUT2D eigenvalue weighted by Gasteiger charge is 2.15. The maximum atomic E-state index is 5.10. The molecule has 0 radical (unpaired) electrons. The van der Waals surface area contributed by atoms with Gasteiger partial charge in [-0.05, 0) is 48.8 Å². The maximum absolute atomic E-state index is 5.10. The molecule has 0 unspecified atom stereocenters. The van der Waals surface area contributed by atoms with E-state index in [0.717, 1.165) is 4.47 Å². The molecule has 0 bridgehead atoms. The fourth-order valence-corrected chi connectivity index (χ4v) is 1.44. The Balaban J connectivity index is 2.21. The van der Waals surface area contributed by atoms with Gasteiger partial charge in [0.05, 0.1) is 0 Å². The summed E-state index contributed by atoms with van der Waals surface area (Å²) in [4.78, 5) is 8.43. The van der Waals surface area contributed by atoms with E-state index in [-0.39, 0.29) is 5.54 Å². The topological polar surface area (TPSA) is 63.8 Å². The number of nitrogens with one attached hydrogen (secondary N) is 1. The molecular formula is C11H13BrN4O. The summed E-state index contributed by atoms with van der Waals surface area (Å²) in [7, 11) is 0.